The second-order valence-electron chi connectivity index (χ2n) is 4.87. The number of benzene rings is 1. The van der Waals surface area contributed by atoms with Gasteiger partial charge in [-0.3, -0.25) is 4.79 Å². The number of H-pyrrole nitrogens is 2. The van der Waals surface area contributed by atoms with Gasteiger partial charge in [0.15, 0.2) is 10.6 Å². The standard InChI is InChI=1S/C14H13FN2OS/c15-10-3-4-12-8(5-10)1-2-9(13(12)18)6-11-7-16-14(19)17-11/h3-5,7,9H,1-2,6H2,(H2,16,17,19)/t9-/m0/s1. The van der Waals surface area contributed by atoms with E-state index < -0.39 is 0 Å². The summed E-state index contributed by atoms with van der Waals surface area (Å²) in [6, 6.07) is 4.41. The van der Waals surface area contributed by atoms with Crippen LogP contribution in [0.5, 0.6) is 0 Å². The summed E-state index contributed by atoms with van der Waals surface area (Å²) >= 11 is 4.97. The van der Waals surface area contributed by atoms with Crippen LogP contribution in [-0.2, 0) is 12.8 Å². The predicted molar refractivity (Wildman–Crippen MR) is 72.2 cm³/mol. The maximum Gasteiger partial charge on any atom is 0.174 e. The first-order valence-electron chi connectivity index (χ1n) is 6.22. The Morgan fingerprint density at radius 1 is 1.42 bits per heavy atom. The van der Waals surface area contributed by atoms with Crippen LogP contribution in [0, 0.1) is 16.5 Å². The van der Waals surface area contributed by atoms with Crippen molar-refractivity contribution < 1.29 is 9.18 Å². The zero-order valence-corrected chi connectivity index (χ0v) is 11.0. The van der Waals surface area contributed by atoms with Gasteiger partial charge in [0.1, 0.15) is 5.82 Å². The zero-order valence-electron chi connectivity index (χ0n) is 10.2. The Kier molecular flexibility index (Phi) is 3.06. The molecule has 5 heteroatoms. The van der Waals surface area contributed by atoms with Crippen molar-refractivity contribution in [2.24, 2.45) is 5.92 Å². The Bertz CT molecular complexity index is 689. The van der Waals surface area contributed by atoms with Crippen LogP contribution in [0.25, 0.3) is 0 Å². The topological polar surface area (TPSA) is 48.6 Å². The molecule has 1 atom stereocenters. The number of Topliss-reactive ketones (excluding diaryl/α,β-unsaturated/α-hetero) is 1. The summed E-state index contributed by atoms with van der Waals surface area (Å²) in [5, 5.41) is 0. The summed E-state index contributed by atoms with van der Waals surface area (Å²) < 4.78 is 13.7. The smallest absolute Gasteiger partial charge is 0.174 e. The molecule has 1 aliphatic rings. The first-order valence-corrected chi connectivity index (χ1v) is 6.63. The lowest BCUT2D eigenvalue weighted by atomic mass is 9.80. The number of rotatable bonds is 2. The molecule has 19 heavy (non-hydrogen) atoms. The van der Waals surface area contributed by atoms with E-state index in [2.05, 4.69) is 9.97 Å². The number of fused-ring (bicyclic) bond motifs is 1. The number of aromatic amines is 2. The predicted octanol–water partition coefficient (Wildman–Crippen LogP) is 3.20. The number of aryl methyl sites for hydroxylation is 1. The molecule has 1 aromatic heterocycles. The van der Waals surface area contributed by atoms with Crippen molar-refractivity contribution in [3.8, 4) is 0 Å². The van der Waals surface area contributed by atoms with E-state index in [0.29, 0.717) is 16.8 Å². The lowest BCUT2D eigenvalue weighted by Crippen LogP contribution is -2.24. The molecule has 1 heterocycles. The Labute approximate surface area is 114 Å². The van der Waals surface area contributed by atoms with Gasteiger partial charge in [-0.1, -0.05) is 0 Å². The minimum Gasteiger partial charge on any atom is -0.337 e. The number of hydrogen-bond donors (Lipinski definition) is 2. The molecular formula is C14H13FN2OS. The van der Waals surface area contributed by atoms with Crippen LogP contribution < -0.4 is 0 Å². The molecule has 2 N–H and O–H groups in total. The molecule has 98 valence electrons. The van der Waals surface area contributed by atoms with Crippen LogP contribution in [0.15, 0.2) is 24.4 Å². The first-order chi connectivity index (χ1) is 9.13. The number of hydrogen-bond acceptors (Lipinski definition) is 2. The van der Waals surface area contributed by atoms with Crippen molar-refractivity contribution in [2.75, 3.05) is 0 Å². The fourth-order valence-corrected chi connectivity index (χ4v) is 2.82. The number of aromatic nitrogens is 2. The molecule has 0 amide bonds. The van der Waals surface area contributed by atoms with Crippen LogP contribution >= 0.6 is 12.2 Å². The maximum absolute atomic E-state index is 13.1. The molecule has 1 aliphatic carbocycles. The van der Waals surface area contributed by atoms with Crippen molar-refractivity contribution in [3.05, 3.63) is 51.8 Å². The maximum atomic E-state index is 13.1. The van der Waals surface area contributed by atoms with Gasteiger partial charge in [0.25, 0.3) is 0 Å². The van der Waals surface area contributed by atoms with Crippen molar-refractivity contribution in [3.63, 3.8) is 0 Å². The van der Waals surface area contributed by atoms with Gasteiger partial charge in [0, 0.05) is 23.4 Å². The van der Waals surface area contributed by atoms with Crippen LogP contribution in [-0.4, -0.2) is 15.8 Å². The molecule has 1 aromatic carbocycles. The number of carbonyl (C=O) groups is 1. The largest absolute Gasteiger partial charge is 0.337 e. The van der Waals surface area contributed by atoms with Gasteiger partial charge in [-0.05, 0) is 55.2 Å². The highest BCUT2D eigenvalue weighted by atomic mass is 32.1. The van der Waals surface area contributed by atoms with Crippen molar-refractivity contribution in [1.82, 2.24) is 9.97 Å². The highest BCUT2D eigenvalue weighted by molar-refractivity contribution is 7.71. The molecular weight excluding hydrogens is 263 g/mol. The lowest BCUT2D eigenvalue weighted by Gasteiger charge is -2.22. The SMILES string of the molecule is O=C1c2ccc(F)cc2CC[C@H]1Cc1c[nH]c(=S)[nH]1. The average Bonchev–Trinajstić information content (AvgIpc) is 2.78. The van der Waals surface area contributed by atoms with Gasteiger partial charge < -0.3 is 9.97 Å². The number of halogens is 1. The Balaban J connectivity index is 1.85. The molecule has 0 radical (unpaired) electrons. The van der Waals surface area contributed by atoms with Gasteiger partial charge in [0.2, 0.25) is 0 Å². The summed E-state index contributed by atoms with van der Waals surface area (Å²) in [4.78, 5) is 18.3. The van der Waals surface area contributed by atoms with E-state index in [1.807, 2.05) is 0 Å². The van der Waals surface area contributed by atoms with Gasteiger partial charge in [0.05, 0.1) is 0 Å². The third-order valence-electron chi connectivity index (χ3n) is 3.58. The Morgan fingerprint density at radius 2 is 2.26 bits per heavy atom. The summed E-state index contributed by atoms with van der Waals surface area (Å²) in [6.45, 7) is 0. The molecule has 3 rings (SSSR count). The van der Waals surface area contributed by atoms with Crippen LogP contribution in [0.2, 0.25) is 0 Å². The van der Waals surface area contributed by atoms with E-state index in [9.17, 15) is 9.18 Å². The average molecular weight is 276 g/mol. The molecule has 0 saturated carbocycles. The van der Waals surface area contributed by atoms with E-state index >= 15 is 0 Å². The number of ketones is 1. The summed E-state index contributed by atoms with van der Waals surface area (Å²) in [7, 11) is 0. The first kappa shape index (κ1) is 12.3. The molecule has 3 nitrogen and oxygen atoms in total. The van der Waals surface area contributed by atoms with Crippen molar-refractivity contribution in [2.45, 2.75) is 19.3 Å². The molecule has 0 unspecified atom stereocenters. The van der Waals surface area contributed by atoms with Crippen molar-refractivity contribution >= 4 is 18.0 Å². The molecule has 0 saturated heterocycles. The Hall–Kier alpha value is -1.75. The fraction of sp³-hybridized carbons (Fsp3) is 0.286. The highest BCUT2D eigenvalue weighted by Gasteiger charge is 2.27. The second kappa shape index (κ2) is 4.74. The quantitative estimate of drug-likeness (QED) is 0.827. The minimum atomic E-state index is -0.278. The zero-order chi connectivity index (χ0) is 13.4. The third-order valence-corrected chi connectivity index (χ3v) is 3.80. The van der Waals surface area contributed by atoms with Crippen LogP contribution in [0.3, 0.4) is 0 Å². The van der Waals surface area contributed by atoms with Gasteiger partial charge >= 0.3 is 0 Å². The van der Waals surface area contributed by atoms with E-state index in [1.54, 1.807) is 12.3 Å². The number of nitrogens with one attached hydrogen (secondary N) is 2. The molecule has 0 fully saturated rings. The fourth-order valence-electron chi connectivity index (χ4n) is 2.63. The van der Waals surface area contributed by atoms with E-state index in [0.717, 1.165) is 24.1 Å². The molecule has 0 spiro atoms. The summed E-state index contributed by atoms with van der Waals surface area (Å²) in [5.74, 6) is -0.235. The highest BCUT2D eigenvalue weighted by Crippen LogP contribution is 2.28. The summed E-state index contributed by atoms with van der Waals surface area (Å²) in [5.41, 5.74) is 2.42. The molecule has 2 aromatic rings. The Morgan fingerprint density at radius 3 is 3.00 bits per heavy atom. The van der Waals surface area contributed by atoms with E-state index in [4.69, 9.17) is 12.2 Å². The lowest BCUT2D eigenvalue weighted by molar-refractivity contribution is 0.0900. The monoisotopic (exact) mass is 276 g/mol. The third kappa shape index (κ3) is 2.38. The number of imidazole rings is 1. The second-order valence-corrected chi connectivity index (χ2v) is 5.28. The van der Waals surface area contributed by atoms with Crippen LogP contribution in [0.4, 0.5) is 4.39 Å². The minimum absolute atomic E-state index is 0.0561. The molecule has 0 aliphatic heterocycles. The van der Waals surface area contributed by atoms with Gasteiger partial charge in [-0.25, -0.2) is 4.39 Å². The van der Waals surface area contributed by atoms with Crippen LogP contribution in [0.1, 0.15) is 28.0 Å². The number of carbonyl (C=O) groups excluding carboxylic acids is 1. The normalized spacial score (nSPS) is 18.4. The van der Waals surface area contributed by atoms with E-state index in [1.165, 1.54) is 12.1 Å². The van der Waals surface area contributed by atoms with Gasteiger partial charge in [-0.2, -0.15) is 0 Å². The van der Waals surface area contributed by atoms with Crippen molar-refractivity contribution in [1.29, 1.82) is 0 Å². The van der Waals surface area contributed by atoms with Gasteiger partial charge in [-0.15, -0.1) is 0 Å². The molecule has 0 bridgehead atoms. The van der Waals surface area contributed by atoms with E-state index in [-0.39, 0.29) is 17.5 Å². The summed E-state index contributed by atoms with van der Waals surface area (Å²) in [6.07, 6.45) is 3.94.